The Kier molecular flexibility index (Phi) is 12.5. The van der Waals surface area contributed by atoms with E-state index in [1.807, 2.05) is 0 Å². The highest BCUT2D eigenvalue weighted by Gasteiger charge is 2.23. The third kappa shape index (κ3) is 8.74. The summed E-state index contributed by atoms with van der Waals surface area (Å²) in [5.41, 5.74) is 5.34. The van der Waals surface area contributed by atoms with Gasteiger partial charge in [0.15, 0.2) is 5.96 Å². The van der Waals surface area contributed by atoms with Crippen LogP contribution in [0.15, 0.2) is 4.99 Å². The van der Waals surface area contributed by atoms with Gasteiger partial charge >= 0.3 is 0 Å². The Morgan fingerprint density at radius 3 is 2.61 bits per heavy atom. The molecule has 1 aliphatic heterocycles. The molecule has 1 saturated heterocycles. The van der Waals surface area contributed by atoms with Crippen LogP contribution >= 0.6 is 24.0 Å². The maximum absolute atomic E-state index is 11.1. The second-order valence-electron chi connectivity index (χ2n) is 5.89. The van der Waals surface area contributed by atoms with Crippen molar-refractivity contribution in [3.63, 3.8) is 0 Å². The molecule has 1 atom stereocenters. The first-order valence-corrected chi connectivity index (χ1v) is 8.64. The molecule has 1 heterocycles. The standard InChI is InChI=1S/C16H33N5O.HI/c1-4-18-16(19-9-11-20(5-2)6-3)21-10-7-8-14(13-21)12-15(17)22;/h14H,4-13H2,1-3H3,(H2,17,22)(H,18,19);1H. The number of rotatable bonds is 8. The number of nitrogens with two attached hydrogens (primary N) is 1. The van der Waals surface area contributed by atoms with Crippen molar-refractivity contribution < 1.29 is 4.79 Å². The molecule has 0 spiro atoms. The lowest BCUT2D eigenvalue weighted by molar-refractivity contribution is -0.119. The maximum atomic E-state index is 11.1. The third-order valence-electron chi connectivity index (χ3n) is 4.22. The molecule has 1 aliphatic rings. The molecule has 1 rings (SSSR count). The fourth-order valence-electron chi connectivity index (χ4n) is 2.97. The van der Waals surface area contributed by atoms with Crippen molar-refractivity contribution >= 4 is 35.8 Å². The molecule has 6 nitrogen and oxygen atoms in total. The number of hydrogen-bond donors (Lipinski definition) is 2. The van der Waals surface area contributed by atoms with Crippen molar-refractivity contribution in [1.29, 1.82) is 0 Å². The molecule has 1 unspecified atom stereocenters. The number of guanidine groups is 1. The van der Waals surface area contributed by atoms with Crippen LogP contribution in [0.4, 0.5) is 0 Å². The van der Waals surface area contributed by atoms with Gasteiger partial charge in [0.25, 0.3) is 0 Å². The molecule has 0 aromatic heterocycles. The first-order chi connectivity index (χ1) is 10.6. The first kappa shape index (κ1) is 22.4. The van der Waals surface area contributed by atoms with Gasteiger partial charge in [-0.15, -0.1) is 24.0 Å². The molecule has 1 amide bonds. The lowest BCUT2D eigenvalue weighted by atomic mass is 9.95. The second kappa shape index (κ2) is 12.8. The van der Waals surface area contributed by atoms with Gasteiger partial charge in [-0.1, -0.05) is 13.8 Å². The summed E-state index contributed by atoms with van der Waals surface area (Å²) in [6.07, 6.45) is 2.66. The minimum Gasteiger partial charge on any atom is -0.370 e. The Hall–Kier alpha value is -0.570. The molecule has 0 radical (unpaired) electrons. The molecule has 0 aliphatic carbocycles. The predicted octanol–water partition coefficient (Wildman–Crippen LogP) is 1.50. The SMILES string of the molecule is CCNC(=NCCN(CC)CC)N1CCCC(CC(N)=O)C1.I. The van der Waals surface area contributed by atoms with E-state index in [9.17, 15) is 4.79 Å². The number of likely N-dealkylation sites (N-methyl/N-ethyl adjacent to an activating group) is 1. The van der Waals surface area contributed by atoms with E-state index in [2.05, 4.69) is 35.9 Å². The number of nitrogens with zero attached hydrogens (tertiary/aromatic N) is 3. The van der Waals surface area contributed by atoms with Crippen LogP contribution in [0.25, 0.3) is 0 Å². The topological polar surface area (TPSA) is 74.0 Å². The number of primary amides is 1. The van der Waals surface area contributed by atoms with Crippen molar-refractivity contribution in [2.75, 3.05) is 45.8 Å². The summed E-state index contributed by atoms with van der Waals surface area (Å²) in [4.78, 5) is 20.6. The molecular weight excluding hydrogens is 405 g/mol. The van der Waals surface area contributed by atoms with E-state index in [1.165, 1.54) is 0 Å². The number of piperidine rings is 1. The van der Waals surface area contributed by atoms with Crippen molar-refractivity contribution in [3.05, 3.63) is 0 Å². The van der Waals surface area contributed by atoms with Crippen LogP contribution in [0.2, 0.25) is 0 Å². The Balaban J connectivity index is 0.00000484. The molecule has 0 bridgehead atoms. The smallest absolute Gasteiger partial charge is 0.217 e. The van der Waals surface area contributed by atoms with Gasteiger partial charge in [0.1, 0.15) is 0 Å². The van der Waals surface area contributed by atoms with Crippen LogP contribution in [-0.4, -0.2) is 67.5 Å². The minimum atomic E-state index is -0.199. The van der Waals surface area contributed by atoms with Crippen LogP contribution in [0.1, 0.15) is 40.0 Å². The monoisotopic (exact) mass is 439 g/mol. The van der Waals surface area contributed by atoms with E-state index < -0.39 is 0 Å². The Labute approximate surface area is 158 Å². The number of carbonyl (C=O) groups is 1. The van der Waals surface area contributed by atoms with Gasteiger partial charge in [0, 0.05) is 32.6 Å². The molecule has 0 aromatic carbocycles. The third-order valence-corrected chi connectivity index (χ3v) is 4.22. The molecule has 23 heavy (non-hydrogen) atoms. The van der Waals surface area contributed by atoms with E-state index in [0.717, 1.165) is 64.6 Å². The molecule has 3 N–H and O–H groups in total. The van der Waals surface area contributed by atoms with E-state index in [4.69, 9.17) is 10.7 Å². The number of amides is 1. The van der Waals surface area contributed by atoms with Crippen LogP contribution in [0.3, 0.4) is 0 Å². The fraction of sp³-hybridized carbons (Fsp3) is 0.875. The zero-order chi connectivity index (χ0) is 16.4. The predicted molar refractivity (Wildman–Crippen MR) is 107 cm³/mol. The van der Waals surface area contributed by atoms with Gasteiger partial charge in [0.05, 0.1) is 6.54 Å². The summed E-state index contributed by atoms with van der Waals surface area (Å²) in [5.74, 6) is 1.14. The highest BCUT2D eigenvalue weighted by Crippen LogP contribution is 2.19. The molecule has 1 fully saturated rings. The highest BCUT2D eigenvalue weighted by atomic mass is 127. The average Bonchev–Trinajstić information content (AvgIpc) is 2.50. The van der Waals surface area contributed by atoms with Crippen molar-refractivity contribution in [3.8, 4) is 0 Å². The summed E-state index contributed by atoms with van der Waals surface area (Å²) >= 11 is 0. The van der Waals surface area contributed by atoms with Gasteiger partial charge in [-0.25, -0.2) is 0 Å². The van der Waals surface area contributed by atoms with E-state index in [1.54, 1.807) is 0 Å². The lowest BCUT2D eigenvalue weighted by Gasteiger charge is -2.34. The summed E-state index contributed by atoms with van der Waals surface area (Å²) in [6.45, 7) is 13.1. The second-order valence-corrected chi connectivity index (χ2v) is 5.89. The average molecular weight is 439 g/mol. The van der Waals surface area contributed by atoms with Gasteiger partial charge in [-0.2, -0.15) is 0 Å². The van der Waals surface area contributed by atoms with Gasteiger partial charge in [-0.05, 0) is 38.8 Å². The van der Waals surface area contributed by atoms with E-state index >= 15 is 0 Å². The van der Waals surface area contributed by atoms with Gasteiger partial charge in [0.2, 0.25) is 5.91 Å². The maximum Gasteiger partial charge on any atom is 0.217 e. The zero-order valence-electron chi connectivity index (χ0n) is 14.9. The Bertz CT molecular complexity index is 360. The Morgan fingerprint density at radius 2 is 2.04 bits per heavy atom. The molecular formula is C16H34IN5O. The molecule has 0 saturated carbocycles. The number of hydrogen-bond acceptors (Lipinski definition) is 3. The largest absolute Gasteiger partial charge is 0.370 e. The minimum absolute atomic E-state index is 0. The number of aliphatic imine (C=N–C) groups is 1. The summed E-state index contributed by atoms with van der Waals surface area (Å²) in [7, 11) is 0. The normalized spacial score (nSPS) is 18.7. The first-order valence-electron chi connectivity index (χ1n) is 8.64. The summed E-state index contributed by atoms with van der Waals surface area (Å²) in [5, 5.41) is 3.38. The van der Waals surface area contributed by atoms with Crippen molar-refractivity contribution in [2.45, 2.75) is 40.0 Å². The van der Waals surface area contributed by atoms with Crippen molar-refractivity contribution in [2.24, 2.45) is 16.6 Å². The zero-order valence-corrected chi connectivity index (χ0v) is 17.2. The molecule has 7 heteroatoms. The highest BCUT2D eigenvalue weighted by molar-refractivity contribution is 14.0. The van der Waals surface area contributed by atoms with Crippen LogP contribution in [0, 0.1) is 5.92 Å². The number of nitrogens with one attached hydrogen (secondary N) is 1. The number of likely N-dealkylation sites (tertiary alicyclic amines) is 1. The fourth-order valence-corrected chi connectivity index (χ4v) is 2.97. The van der Waals surface area contributed by atoms with E-state index in [-0.39, 0.29) is 29.9 Å². The number of carbonyl (C=O) groups excluding carboxylic acids is 1. The quantitative estimate of drug-likeness (QED) is 0.342. The van der Waals surface area contributed by atoms with Crippen molar-refractivity contribution in [1.82, 2.24) is 15.1 Å². The van der Waals surface area contributed by atoms with Crippen LogP contribution in [0.5, 0.6) is 0 Å². The van der Waals surface area contributed by atoms with E-state index in [0.29, 0.717) is 12.3 Å². The molecule has 0 aromatic rings. The van der Waals surface area contributed by atoms with Crippen LogP contribution < -0.4 is 11.1 Å². The van der Waals surface area contributed by atoms with Gasteiger partial charge < -0.3 is 20.9 Å². The summed E-state index contributed by atoms with van der Waals surface area (Å²) < 4.78 is 0. The van der Waals surface area contributed by atoms with Gasteiger partial charge in [-0.3, -0.25) is 9.79 Å². The van der Waals surface area contributed by atoms with Crippen LogP contribution in [-0.2, 0) is 4.79 Å². The summed E-state index contributed by atoms with van der Waals surface area (Å²) in [6, 6.07) is 0. The number of halogens is 1. The Morgan fingerprint density at radius 1 is 1.35 bits per heavy atom. The lowest BCUT2D eigenvalue weighted by Crippen LogP contribution is -2.47. The molecule has 136 valence electrons.